The molecule has 7 nitrogen and oxygen atoms in total. The Labute approximate surface area is 166 Å². The van der Waals surface area contributed by atoms with Crippen LogP contribution in [0.4, 0.5) is 15.8 Å². The van der Waals surface area contributed by atoms with Crippen LogP contribution in [0.5, 0.6) is 0 Å². The van der Waals surface area contributed by atoms with E-state index in [0.717, 1.165) is 6.07 Å². The van der Waals surface area contributed by atoms with E-state index in [0.29, 0.717) is 23.0 Å². The molecule has 150 valence electrons. The summed E-state index contributed by atoms with van der Waals surface area (Å²) in [5.41, 5.74) is -0.0274. The van der Waals surface area contributed by atoms with Gasteiger partial charge in [-0.25, -0.2) is 9.07 Å². The van der Waals surface area contributed by atoms with Crippen LogP contribution in [0.2, 0.25) is 0 Å². The number of anilines is 2. The van der Waals surface area contributed by atoms with Gasteiger partial charge in [-0.15, -0.1) is 0 Å². The summed E-state index contributed by atoms with van der Waals surface area (Å²) < 4.78 is 15.5. The third kappa shape index (κ3) is 4.48. The molecule has 29 heavy (non-hydrogen) atoms. The second-order valence-corrected chi connectivity index (χ2v) is 7.11. The SMILES string of the molecule is CC(=O)Nc1ccc(F)c(NC(=O)c2nn(CC(C)C)c(=O)c3ccccc23)c1. The molecule has 0 spiro atoms. The zero-order chi connectivity index (χ0) is 21.1. The Hall–Kier alpha value is -3.55. The highest BCUT2D eigenvalue weighted by atomic mass is 19.1. The zero-order valence-electron chi connectivity index (χ0n) is 16.3. The summed E-state index contributed by atoms with van der Waals surface area (Å²) in [6.45, 7) is 5.55. The highest BCUT2D eigenvalue weighted by Crippen LogP contribution is 2.22. The van der Waals surface area contributed by atoms with Gasteiger partial charge < -0.3 is 10.6 Å². The van der Waals surface area contributed by atoms with E-state index in [4.69, 9.17) is 0 Å². The number of amides is 2. The highest BCUT2D eigenvalue weighted by molar-refractivity contribution is 6.11. The van der Waals surface area contributed by atoms with Crippen molar-refractivity contribution in [3.8, 4) is 0 Å². The summed E-state index contributed by atoms with van der Waals surface area (Å²) in [6, 6.07) is 10.5. The summed E-state index contributed by atoms with van der Waals surface area (Å²) in [5.74, 6) is -1.49. The average molecular weight is 396 g/mol. The molecule has 0 radical (unpaired) electrons. The number of carbonyl (C=O) groups is 2. The Morgan fingerprint density at radius 1 is 1.10 bits per heavy atom. The van der Waals surface area contributed by atoms with Gasteiger partial charge in [0.1, 0.15) is 5.82 Å². The molecule has 2 N–H and O–H groups in total. The topological polar surface area (TPSA) is 93.1 Å². The normalized spacial score (nSPS) is 10.9. The van der Waals surface area contributed by atoms with Crippen molar-refractivity contribution in [2.75, 3.05) is 10.6 Å². The molecule has 0 aliphatic rings. The second-order valence-electron chi connectivity index (χ2n) is 7.11. The van der Waals surface area contributed by atoms with E-state index in [9.17, 15) is 18.8 Å². The first-order chi connectivity index (χ1) is 13.8. The molecule has 0 aliphatic heterocycles. The van der Waals surface area contributed by atoms with Crippen LogP contribution < -0.4 is 16.2 Å². The molecule has 1 heterocycles. The van der Waals surface area contributed by atoms with Crippen molar-refractivity contribution >= 4 is 34.0 Å². The van der Waals surface area contributed by atoms with Crippen molar-refractivity contribution in [1.29, 1.82) is 0 Å². The minimum Gasteiger partial charge on any atom is -0.326 e. The average Bonchev–Trinajstić information content (AvgIpc) is 2.66. The first kappa shape index (κ1) is 20.2. The Balaban J connectivity index is 2.04. The molecule has 3 aromatic rings. The fourth-order valence-corrected chi connectivity index (χ4v) is 2.96. The summed E-state index contributed by atoms with van der Waals surface area (Å²) in [5, 5.41) is 10.0. The van der Waals surface area contributed by atoms with Crippen molar-refractivity contribution in [2.24, 2.45) is 5.92 Å². The van der Waals surface area contributed by atoms with Crippen molar-refractivity contribution < 1.29 is 14.0 Å². The third-order valence-corrected chi connectivity index (χ3v) is 4.16. The van der Waals surface area contributed by atoms with Gasteiger partial charge in [0.2, 0.25) is 5.91 Å². The van der Waals surface area contributed by atoms with Gasteiger partial charge in [-0.05, 0) is 30.2 Å². The largest absolute Gasteiger partial charge is 0.326 e. The predicted octanol–water partition coefficient (Wildman–Crippen LogP) is 3.40. The number of nitrogens with one attached hydrogen (secondary N) is 2. The van der Waals surface area contributed by atoms with Crippen LogP contribution in [0, 0.1) is 11.7 Å². The summed E-state index contributed by atoms with van der Waals surface area (Å²) in [4.78, 5) is 36.8. The molecule has 2 aromatic carbocycles. The molecule has 1 aromatic heterocycles. The third-order valence-electron chi connectivity index (χ3n) is 4.16. The van der Waals surface area contributed by atoms with Gasteiger partial charge in [-0.1, -0.05) is 32.0 Å². The monoisotopic (exact) mass is 396 g/mol. The van der Waals surface area contributed by atoms with Crippen LogP contribution in [-0.2, 0) is 11.3 Å². The maximum absolute atomic E-state index is 14.2. The number of rotatable bonds is 5. The lowest BCUT2D eigenvalue weighted by molar-refractivity contribution is -0.114. The van der Waals surface area contributed by atoms with Crippen LogP contribution in [0.3, 0.4) is 0 Å². The summed E-state index contributed by atoms with van der Waals surface area (Å²) in [7, 11) is 0. The van der Waals surface area contributed by atoms with E-state index in [1.54, 1.807) is 24.3 Å². The first-order valence-corrected chi connectivity index (χ1v) is 9.14. The molecular formula is C21H21FN4O3. The van der Waals surface area contributed by atoms with E-state index in [1.807, 2.05) is 13.8 Å². The van der Waals surface area contributed by atoms with Crippen LogP contribution in [0.25, 0.3) is 10.8 Å². The minimum atomic E-state index is -0.660. The number of hydrogen-bond acceptors (Lipinski definition) is 4. The molecule has 0 unspecified atom stereocenters. The summed E-state index contributed by atoms with van der Waals surface area (Å²) in [6.07, 6.45) is 0. The van der Waals surface area contributed by atoms with Crippen LogP contribution in [-0.4, -0.2) is 21.6 Å². The first-order valence-electron chi connectivity index (χ1n) is 9.14. The van der Waals surface area contributed by atoms with Crippen molar-refractivity contribution in [1.82, 2.24) is 9.78 Å². The van der Waals surface area contributed by atoms with Gasteiger partial charge in [0, 0.05) is 24.5 Å². The van der Waals surface area contributed by atoms with Gasteiger partial charge in [0.05, 0.1) is 11.1 Å². The van der Waals surface area contributed by atoms with Gasteiger partial charge >= 0.3 is 0 Å². The smallest absolute Gasteiger partial charge is 0.276 e. The lowest BCUT2D eigenvalue weighted by Gasteiger charge is -2.13. The molecule has 0 saturated carbocycles. The van der Waals surface area contributed by atoms with Gasteiger partial charge in [0.25, 0.3) is 11.5 Å². The number of nitrogens with zero attached hydrogens (tertiary/aromatic N) is 2. The molecule has 0 bridgehead atoms. The van der Waals surface area contributed by atoms with Gasteiger partial charge in [0.15, 0.2) is 5.69 Å². The quantitative estimate of drug-likeness (QED) is 0.691. The maximum Gasteiger partial charge on any atom is 0.276 e. The Bertz CT molecular complexity index is 1150. The number of benzene rings is 2. The second kappa shape index (κ2) is 8.22. The fraction of sp³-hybridized carbons (Fsp3) is 0.238. The lowest BCUT2D eigenvalue weighted by atomic mass is 10.1. The Kier molecular flexibility index (Phi) is 5.72. The van der Waals surface area contributed by atoms with E-state index in [2.05, 4.69) is 15.7 Å². The number of carbonyl (C=O) groups excluding carboxylic acids is 2. The molecule has 8 heteroatoms. The van der Waals surface area contributed by atoms with E-state index in [-0.39, 0.29) is 28.8 Å². The molecule has 0 atom stereocenters. The Morgan fingerprint density at radius 2 is 1.79 bits per heavy atom. The van der Waals surface area contributed by atoms with Gasteiger partial charge in [-0.3, -0.25) is 14.4 Å². The number of halogens is 1. The molecule has 0 aliphatic carbocycles. The molecule has 0 saturated heterocycles. The van der Waals surface area contributed by atoms with Crippen LogP contribution in [0.1, 0.15) is 31.3 Å². The van der Waals surface area contributed by atoms with E-state index in [1.165, 1.54) is 23.7 Å². The van der Waals surface area contributed by atoms with Gasteiger partial charge in [-0.2, -0.15) is 5.10 Å². The summed E-state index contributed by atoms with van der Waals surface area (Å²) >= 11 is 0. The maximum atomic E-state index is 14.2. The van der Waals surface area contributed by atoms with Crippen LogP contribution in [0.15, 0.2) is 47.3 Å². The number of aromatic nitrogens is 2. The zero-order valence-corrected chi connectivity index (χ0v) is 16.3. The predicted molar refractivity (Wildman–Crippen MR) is 109 cm³/mol. The molecule has 2 amide bonds. The number of hydrogen-bond donors (Lipinski definition) is 2. The Morgan fingerprint density at radius 3 is 2.45 bits per heavy atom. The fourth-order valence-electron chi connectivity index (χ4n) is 2.96. The standard InChI is InChI=1S/C21H21FN4O3/c1-12(2)11-26-21(29)16-7-5-4-6-15(16)19(25-26)20(28)24-18-10-14(23-13(3)27)8-9-17(18)22/h4-10,12H,11H2,1-3H3,(H,23,27)(H,24,28). The van der Waals surface area contributed by atoms with E-state index < -0.39 is 11.7 Å². The van der Waals surface area contributed by atoms with E-state index >= 15 is 0 Å². The molecular weight excluding hydrogens is 375 g/mol. The highest BCUT2D eigenvalue weighted by Gasteiger charge is 2.18. The van der Waals surface area contributed by atoms with Crippen molar-refractivity contribution in [3.63, 3.8) is 0 Å². The lowest BCUT2D eigenvalue weighted by Crippen LogP contribution is -2.29. The number of fused-ring (bicyclic) bond motifs is 1. The molecule has 3 rings (SSSR count). The van der Waals surface area contributed by atoms with Crippen molar-refractivity contribution in [2.45, 2.75) is 27.3 Å². The molecule has 0 fully saturated rings. The van der Waals surface area contributed by atoms with Crippen LogP contribution >= 0.6 is 0 Å². The minimum absolute atomic E-state index is 0.0187. The van der Waals surface area contributed by atoms with Crippen molar-refractivity contribution in [3.05, 3.63) is 64.3 Å².